The van der Waals surface area contributed by atoms with Crippen LogP contribution in [0.3, 0.4) is 0 Å². The van der Waals surface area contributed by atoms with Gasteiger partial charge in [0.25, 0.3) is 0 Å². The second-order valence-corrected chi connectivity index (χ2v) is 6.60. The van der Waals surface area contributed by atoms with Crippen molar-refractivity contribution >= 4 is 5.96 Å². The van der Waals surface area contributed by atoms with Crippen LogP contribution in [0, 0.1) is 0 Å². The summed E-state index contributed by atoms with van der Waals surface area (Å²) >= 11 is 0. The first-order valence-corrected chi connectivity index (χ1v) is 9.21. The zero-order chi connectivity index (χ0) is 19.8. The predicted octanol–water partition coefficient (Wildman–Crippen LogP) is 1.91. The standard InChI is InChI=1S/C20H27N7O/c1-21-20(23-12-19-24-15-25-27(19)3)22-11-16-7-4-5-8-17(16)13-26(2)14-18-9-6-10-28-18/h4-10,15H,11-14H2,1-3H3,(H2,21,22,23). The summed E-state index contributed by atoms with van der Waals surface area (Å²) in [6.45, 7) is 2.85. The number of hydrogen-bond acceptors (Lipinski definition) is 5. The Balaban J connectivity index is 1.55. The first kappa shape index (κ1) is 19.6. The number of nitrogens with one attached hydrogen (secondary N) is 2. The van der Waals surface area contributed by atoms with Crippen LogP contribution in [0.25, 0.3) is 0 Å². The van der Waals surface area contributed by atoms with E-state index in [0.717, 1.165) is 30.6 Å². The van der Waals surface area contributed by atoms with E-state index >= 15 is 0 Å². The molecule has 0 aliphatic rings. The highest BCUT2D eigenvalue weighted by molar-refractivity contribution is 5.79. The van der Waals surface area contributed by atoms with E-state index in [1.807, 2.05) is 19.2 Å². The van der Waals surface area contributed by atoms with Crippen molar-refractivity contribution in [3.63, 3.8) is 0 Å². The maximum Gasteiger partial charge on any atom is 0.191 e. The molecule has 8 nitrogen and oxygen atoms in total. The molecule has 2 aromatic heterocycles. The third kappa shape index (κ3) is 5.43. The van der Waals surface area contributed by atoms with E-state index in [0.29, 0.717) is 13.1 Å². The van der Waals surface area contributed by atoms with Gasteiger partial charge in [0.2, 0.25) is 0 Å². The van der Waals surface area contributed by atoms with Gasteiger partial charge in [-0.2, -0.15) is 5.10 Å². The Morgan fingerprint density at radius 1 is 1.11 bits per heavy atom. The number of aliphatic imine (C=N–C) groups is 1. The van der Waals surface area contributed by atoms with E-state index in [2.05, 4.69) is 61.9 Å². The van der Waals surface area contributed by atoms with Gasteiger partial charge in [0, 0.05) is 27.2 Å². The van der Waals surface area contributed by atoms with Crippen LogP contribution in [0.15, 0.2) is 58.4 Å². The predicted molar refractivity (Wildman–Crippen MR) is 108 cm³/mol. The lowest BCUT2D eigenvalue weighted by atomic mass is 10.1. The first-order valence-electron chi connectivity index (χ1n) is 9.21. The highest BCUT2D eigenvalue weighted by Crippen LogP contribution is 2.13. The van der Waals surface area contributed by atoms with E-state index in [4.69, 9.17) is 4.42 Å². The highest BCUT2D eigenvalue weighted by atomic mass is 16.3. The Morgan fingerprint density at radius 3 is 2.57 bits per heavy atom. The summed E-state index contributed by atoms with van der Waals surface area (Å²) in [6, 6.07) is 12.3. The summed E-state index contributed by atoms with van der Waals surface area (Å²) in [5, 5.41) is 10.7. The van der Waals surface area contributed by atoms with E-state index in [1.165, 1.54) is 11.1 Å². The van der Waals surface area contributed by atoms with Crippen molar-refractivity contribution in [2.45, 2.75) is 26.2 Å². The molecule has 0 saturated heterocycles. The van der Waals surface area contributed by atoms with Gasteiger partial charge >= 0.3 is 0 Å². The molecule has 1 aromatic carbocycles. The maximum absolute atomic E-state index is 5.44. The molecule has 0 atom stereocenters. The lowest BCUT2D eigenvalue weighted by Crippen LogP contribution is -2.37. The van der Waals surface area contributed by atoms with Crippen molar-refractivity contribution < 1.29 is 4.42 Å². The second-order valence-electron chi connectivity index (χ2n) is 6.60. The number of nitrogens with zero attached hydrogens (tertiary/aromatic N) is 5. The van der Waals surface area contributed by atoms with E-state index in [1.54, 1.807) is 24.3 Å². The molecule has 0 aliphatic carbocycles. The normalized spacial score (nSPS) is 11.8. The minimum atomic E-state index is 0.559. The molecule has 3 rings (SSSR count). The third-order valence-corrected chi connectivity index (χ3v) is 4.45. The van der Waals surface area contributed by atoms with Gasteiger partial charge in [-0.15, -0.1) is 0 Å². The topological polar surface area (TPSA) is 83.5 Å². The van der Waals surface area contributed by atoms with Crippen molar-refractivity contribution in [2.75, 3.05) is 14.1 Å². The minimum absolute atomic E-state index is 0.559. The lowest BCUT2D eigenvalue weighted by Gasteiger charge is -2.19. The summed E-state index contributed by atoms with van der Waals surface area (Å²) in [4.78, 5) is 10.7. The largest absolute Gasteiger partial charge is 0.468 e. The Labute approximate surface area is 165 Å². The molecular formula is C20H27N7O. The third-order valence-electron chi connectivity index (χ3n) is 4.45. The summed E-state index contributed by atoms with van der Waals surface area (Å²) in [5.41, 5.74) is 2.50. The zero-order valence-electron chi connectivity index (χ0n) is 16.6. The average Bonchev–Trinajstić information content (AvgIpc) is 3.34. The van der Waals surface area contributed by atoms with Gasteiger partial charge < -0.3 is 15.1 Å². The van der Waals surface area contributed by atoms with Gasteiger partial charge in [0.1, 0.15) is 17.9 Å². The molecule has 0 radical (unpaired) electrons. The fourth-order valence-electron chi connectivity index (χ4n) is 2.94. The molecule has 0 bridgehead atoms. The van der Waals surface area contributed by atoms with Crippen LogP contribution in [0.2, 0.25) is 0 Å². The van der Waals surface area contributed by atoms with Crippen LogP contribution in [0.4, 0.5) is 0 Å². The number of guanidine groups is 1. The van der Waals surface area contributed by atoms with Gasteiger partial charge in [-0.25, -0.2) is 4.98 Å². The highest BCUT2D eigenvalue weighted by Gasteiger charge is 2.09. The fourth-order valence-corrected chi connectivity index (χ4v) is 2.94. The molecule has 2 N–H and O–H groups in total. The van der Waals surface area contributed by atoms with Gasteiger partial charge in [0.05, 0.1) is 19.4 Å². The molecule has 0 spiro atoms. The van der Waals surface area contributed by atoms with Crippen molar-refractivity contribution in [1.82, 2.24) is 30.3 Å². The number of furan rings is 1. The van der Waals surface area contributed by atoms with Crippen molar-refractivity contribution in [1.29, 1.82) is 0 Å². The molecule has 0 fully saturated rings. The van der Waals surface area contributed by atoms with E-state index in [-0.39, 0.29) is 0 Å². The van der Waals surface area contributed by atoms with Gasteiger partial charge in [0.15, 0.2) is 5.96 Å². The number of rotatable bonds is 8. The molecular weight excluding hydrogens is 354 g/mol. The summed E-state index contributed by atoms with van der Waals surface area (Å²) in [7, 11) is 5.72. The molecule has 0 aliphatic heterocycles. The number of aromatic nitrogens is 3. The molecule has 28 heavy (non-hydrogen) atoms. The number of aryl methyl sites for hydroxylation is 1. The molecule has 3 aromatic rings. The molecule has 2 heterocycles. The zero-order valence-corrected chi connectivity index (χ0v) is 16.6. The van der Waals surface area contributed by atoms with Crippen LogP contribution in [-0.2, 0) is 33.2 Å². The monoisotopic (exact) mass is 381 g/mol. The summed E-state index contributed by atoms with van der Waals surface area (Å²) < 4.78 is 7.18. The summed E-state index contributed by atoms with van der Waals surface area (Å²) in [6.07, 6.45) is 3.25. The quantitative estimate of drug-likeness (QED) is 0.458. The molecule has 0 saturated carbocycles. The Bertz CT molecular complexity index is 886. The van der Waals surface area contributed by atoms with Gasteiger partial charge in [-0.3, -0.25) is 14.6 Å². The van der Waals surface area contributed by atoms with Crippen molar-refractivity contribution in [2.24, 2.45) is 12.0 Å². The second kappa shape index (κ2) is 9.70. The Kier molecular flexibility index (Phi) is 6.80. The van der Waals surface area contributed by atoms with Crippen LogP contribution >= 0.6 is 0 Å². The summed E-state index contributed by atoms with van der Waals surface area (Å²) in [5.74, 6) is 2.54. The smallest absolute Gasteiger partial charge is 0.191 e. The van der Waals surface area contributed by atoms with Crippen molar-refractivity contribution in [3.05, 3.63) is 71.7 Å². The van der Waals surface area contributed by atoms with E-state index in [9.17, 15) is 0 Å². The number of hydrogen-bond donors (Lipinski definition) is 2. The molecule has 0 amide bonds. The van der Waals surface area contributed by atoms with Crippen LogP contribution in [0.1, 0.15) is 22.7 Å². The van der Waals surface area contributed by atoms with E-state index < -0.39 is 0 Å². The SMILES string of the molecule is CN=C(NCc1ccccc1CN(C)Cc1ccco1)NCc1ncnn1C. The first-order chi connectivity index (χ1) is 13.7. The number of benzene rings is 1. The van der Waals surface area contributed by atoms with Gasteiger partial charge in [-0.05, 0) is 30.3 Å². The Hall–Kier alpha value is -3.13. The molecule has 0 unspecified atom stereocenters. The minimum Gasteiger partial charge on any atom is -0.468 e. The maximum atomic E-state index is 5.44. The average molecular weight is 381 g/mol. The van der Waals surface area contributed by atoms with Crippen LogP contribution in [0.5, 0.6) is 0 Å². The molecule has 148 valence electrons. The van der Waals surface area contributed by atoms with Gasteiger partial charge in [-0.1, -0.05) is 24.3 Å². The Morgan fingerprint density at radius 2 is 1.89 bits per heavy atom. The van der Waals surface area contributed by atoms with Crippen molar-refractivity contribution in [3.8, 4) is 0 Å². The van der Waals surface area contributed by atoms with Crippen LogP contribution in [-0.4, -0.2) is 39.7 Å². The fraction of sp³-hybridized carbons (Fsp3) is 0.350. The lowest BCUT2D eigenvalue weighted by molar-refractivity contribution is 0.287. The molecule has 8 heteroatoms. The van der Waals surface area contributed by atoms with Crippen LogP contribution < -0.4 is 10.6 Å².